The van der Waals surface area contributed by atoms with E-state index in [0.29, 0.717) is 24.2 Å². The summed E-state index contributed by atoms with van der Waals surface area (Å²) in [6.07, 6.45) is 2.51. The molecule has 1 aliphatic rings. The van der Waals surface area contributed by atoms with Gasteiger partial charge in [-0.2, -0.15) is 0 Å². The van der Waals surface area contributed by atoms with E-state index in [0.717, 1.165) is 31.5 Å². The number of carbonyl (C=O) groups is 2. The van der Waals surface area contributed by atoms with Crippen molar-refractivity contribution in [1.82, 2.24) is 15.4 Å². The lowest BCUT2D eigenvalue weighted by Crippen LogP contribution is -2.59. The summed E-state index contributed by atoms with van der Waals surface area (Å²) in [5.74, 6) is 0.0814. The molecular formula is C23H31F2N3O3. The summed E-state index contributed by atoms with van der Waals surface area (Å²) < 4.78 is 30.5. The van der Waals surface area contributed by atoms with E-state index >= 15 is 0 Å². The van der Waals surface area contributed by atoms with Crippen molar-refractivity contribution in [2.45, 2.75) is 52.6 Å². The number of carbonyl (C=O) groups excluding carboxylic acids is 2. The van der Waals surface area contributed by atoms with Crippen LogP contribution in [0.4, 0.5) is 8.78 Å². The second-order valence-corrected chi connectivity index (χ2v) is 8.78. The molecule has 2 aromatic rings. The van der Waals surface area contributed by atoms with Gasteiger partial charge < -0.3 is 9.84 Å². The zero-order valence-electron chi connectivity index (χ0n) is 18.7. The Bertz CT molecular complexity index is 883. The van der Waals surface area contributed by atoms with E-state index in [2.05, 4.69) is 50.1 Å². The van der Waals surface area contributed by atoms with Crippen LogP contribution in [0.15, 0.2) is 28.8 Å². The molecule has 1 aliphatic heterocycles. The minimum atomic E-state index is -0.761. The standard InChI is InChI=1S/C13H26N2O.C10H5F2NO2/c1-9(2)6-11-8-15(5)12(7-10(3)4)13(16)14-11;11-6-1-2-8(9(12)3-6)10-4-7(5-14)13-15-10/h9-12H,6-8H2,1-5H3,(H,14,16);1-5H. The molecule has 1 N–H and O–H groups in total. The van der Waals surface area contributed by atoms with Gasteiger partial charge in [0.15, 0.2) is 12.0 Å². The summed E-state index contributed by atoms with van der Waals surface area (Å²) in [7, 11) is 2.07. The lowest BCUT2D eigenvalue weighted by atomic mass is 9.96. The van der Waals surface area contributed by atoms with Crippen LogP contribution in [0.5, 0.6) is 0 Å². The molecule has 1 amide bonds. The number of hydrogen-bond donors (Lipinski definition) is 1. The molecule has 1 aromatic heterocycles. The number of piperazine rings is 1. The van der Waals surface area contributed by atoms with E-state index in [4.69, 9.17) is 4.52 Å². The van der Waals surface area contributed by atoms with Gasteiger partial charge in [0.2, 0.25) is 5.91 Å². The SMILES string of the molecule is CC(C)CC1CN(C)C(CC(C)C)C(=O)N1.O=Cc1cc(-c2ccc(F)cc2F)on1. The van der Waals surface area contributed by atoms with Crippen LogP contribution < -0.4 is 5.32 Å². The number of rotatable bonds is 6. The zero-order valence-corrected chi connectivity index (χ0v) is 18.7. The lowest BCUT2D eigenvalue weighted by Gasteiger charge is -2.38. The van der Waals surface area contributed by atoms with Crippen molar-refractivity contribution in [2.75, 3.05) is 13.6 Å². The minimum absolute atomic E-state index is 0.0636. The Labute approximate surface area is 182 Å². The van der Waals surface area contributed by atoms with Gasteiger partial charge >= 0.3 is 0 Å². The Balaban J connectivity index is 0.000000220. The first-order chi connectivity index (χ1) is 14.6. The highest BCUT2D eigenvalue weighted by molar-refractivity contribution is 5.82. The number of aromatic nitrogens is 1. The molecule has 0 aliphatic carbocycles. The van der Waals surface area contributed by atoms with Crippen LogP contribution in [0.1, 0.15) is 51.0 Å². The molecule has 2 unspecified atom stereocenters. The highest BCUT2D eigenvalue weighted by atomic mass is 19.1. The maximum atomic E-state index is 13.2. The Morgan fingerprint density at radius 1 is 1.19 bits per heavy atom. The van der Waals surface area contributed by atoms with Crippen molar-refractivity contribution in [2.24, 2.45) is 11.8 Å². The number of benzene rings is 1. The topological polar surface area (TPSA) is 75.4 Å². The Kier molecular flexibility index (Phi) is 8.86. The fourth-order valence-corrected chi connectivity index (χ4v) is 3.61. The first-order valence-electron chi connectivity index (χ1n) is 10.5. The molecule has 170 valence electrons. The van der Waals surface area contributed by atoms with Crippen LogP contribution >= 0.6 is 0 Å². The quantitative estimate of drug-likeness (QED) is 0.685. The Morgan fingerprint density at radius 2 is 1.87 bits per heavy atom. The van der Waals surface area contributed by atoms with Crippen LogP contribution in [-0.4, -0.2) is 47.9 Å². The Hall–Kier alpha value is -2.61. The average molecular weight is 436 g/mol. The third-order valence-corrected chi connectivity index (χ3v) is 4.99. The van der Waals surface area contributed by atoms with E-state index in [-0.39, 0.29) is 29.0 Å². The predicted molar refractivity (Wildman–Crippen MR) is 115 cm³/mol. The second-order valence-electron chi connectivity index (χ2n) is 8.78. The molecular weight excluding hydrogens is 404 g/mol. The molecule has 2 atom stereocenters. The maximum absolute atomic E-state index is 13.2. The maximum Gasteiger partial charge on any atom is 0.237 e. The lowest BCUT2D eigenvalue weighted by molar-refractivity contribution is -0.130. The van der Waals surface area contributed by atoms with Gasteiger partial charge in [-0.3, -0.25) is 14.5 Å². The van der Waals surface area contributed by atoms with Gasteiger partial charge in [-0.15, -0.1) is 0 Å². The van der Waals surface area contributed by atoms with Crippen molar-refractivity contribution in [3.05, 3.63) is 41.6 Å². The smallest absolute Gasteiger partial charge is 0.237 e. The number of aldehydes is 1. The fraction of sp³-hybridized carbons (Fsp3) is 0.522. The van der Waals surface area contributed by atoms with Crippen molar-refractivity contribution < 1.29 is 22.9 Å². The summed E-state index contributed by atoms with van der Waals surface area (Å²) in [4.78, 5) is 24.5. The van der Waals surface area contributed by atoms with Crippen LogP contribution in [0.25, 0.3) is 11.3 Å². The van der Waals surface area contributed by atoms with Crippen LogP contribution in [0, 0.1) is 23.5 Å². The van der Waals surface area contributed by atoms with Crippen LogP contribution in [0.2, 0.25) is 0 Å². The van der Waals surface area contributed by atoms with Gasteiger partial charge in [0, 0.05) is 24.7 Å². The molecule has 3 rings (SSSR count). The van der Waals surface area contributed by atoms with Crippen molar-refractivity contribution in [3.8, 4) is 11.3 Å². The molecule has 0 spiro atoms. The molecule has 0 bridgehead atoms. The predicted octanol–water partition coefficient (Wildman–Crippen LogP) is 4.31. The summed E-state index contributed by atoms with van der Waals surface area (Å²) in [6.45, 7) is 9.72. The number of nitrogens with zero attached hydrogens (tertiary/aromatic N) is 2. The third-order valence-electron chi connectivity index (χ3n) is 4.99. The van der Waals surface area contributed by atoms with Gasteiger partial charge in [-0.1, -0.05) is 32.9 Å². The third kappa shape index (κ3) is 7.24. The molecule has 6 nitrogen and oxygen atoms in total. The molecule has 1 saturated heterocycles. The summed E-state index contributed by atoms with van der Waals surface area (Å²) in [5, 5.41) is 6.52. The van der Waals surface area contributed by atoms with Gasteiger partial charge in [-0.25, -0.2) is 8.78 Å². The van der Waals surface area contributed by atoms with E-state index < -0.39 is 11.6 Å². The fourth-order valence-electron chi connectivity index (χ4n) is 3.61. The summed E-state index contributed by atoms with van der Waals surface area (Å²) in [6, 6.07) is 4.74. The van der Waals surface area contributed by atoms with Gasteiger partial charge in [0.05, 0.1) is 11.6 Å². The van der Waals surface area contributed by atoms with Crippen molar-refractivity contribution >= 4 is 12.2 Å². The van der Waals surface area contributed by atoms with E-state index in [1.807, 2.05) is 0 Å². The molecule has 0 saturated carbocycles. The van der Waals surface area contributed by atoms with Crippen LogP contribution in [-0.2, 0) is 4.79 Å². The van der Waals surface area contributed by atoms with Crippen LogP contribution in [0.3, 0.4) is 0 Å². The number of amides is 1. The number of halogens is 2. The first kappa shape index (κ1) is 24.7. The molecule has 31 heavy (non-hydrogen) atoms. The normalized spacial score (nSPS) is 19.2. The molecule has 2 heterocycles. The largest absolute Gasteiger partial charge is 0.355 e. The Morgan fingerprint density at radius 3 is 2.39 bits per heavy atom. The van der Waals surface area contributed by atoms with Gasteiger partial charge in [0.25, 0.3) is 0 Å². The number of likely N-dealkylation sites (N-methyl/N-ethyl adjacent to an activating group) is 1. The first-order valence-corrected chi connectivity index (χ1v) is 10.5. The van der Waals surface area contributed by atoms with E-state index in [9.17, 15) is 18.4 Å². The average Bonchev–Trinajstić information content (AvgIpc) is 3.13. The van der Waals surface area contributed by atoms with Gasteiger partial charge in [-0.05, 0) is 43.9 Å². The molecule has 1 fully saturated rings. The summed E-state index contributed by atoms with van der Waals surface area (Å²) in [5.41, 5.74) is 0.130. The summed E-state index contributed by atoms with van der Waals surface area (Å²) >= 11 is 0. The molecule has 8 heteroatoms. The number of nitrogens with one attached hydrogen (secondary N) is 1. The molecule has 0 radical (unpaired) electrons. The van der Waals surface area contributed by atoms with E-state index in [1.54, 1.807) is 0 Å². The minimum Gasteiger partial charge on any atom is -0.355 e. The number of hydrogen-bond acceptors (Lipinski definition) is 5. The van der Waals surface area contributed by atoms with Crippen molar-refractivity contribution in [1.29, 1.82) is 0 Å². The highest BCUT2D eigenvalue weighted by Crippen LogP contribution is 2.23. The van der Waals surface area contributed by atoms with Crippen molar-refractivity contribution in [3.63, 3.8) is 0 Å². The van der Waals surface area contributed by atoms with E-state index in [1.165, 1.54) is 12.1 Å². The zero-order chi connectivity index (χ0) is 23.1. The molecule has 1 aromatic carbocycles. The van der Waals surface area contributed by atoms with Gasteiger partial charge in [0.1, 0.15) is 17.3 Å². The highest BCUT2D eigenvalue weighted by Gasteiger charge is 2.32. The monoisotopic (exact) mass is 435 g/mol. The second kappa shape index (κ2) is 11.1.